The summed E-state index contributed by atoms with van der Waals surface area (Å²) >= 11 is 0. The van der Waals surface area contributed by atoms with Crippen LogP contribution in [-0.2, 0) is 24.0 Å². The van der Waals surface area contributed by atoms with Crippen LogP contribution in [-0.4, -0.2) is 54.4 Å². The SMILES string of the molecule is BC(=O)[C@H](CC(=O)O)NC(=O)[C@H](CC(C)C)NC(=O)C(=O)Nc1cccc2ccccc12. The van der Waals surface area contributed by atoms with Crippen LogP contribution in [0.4, 0.5) is 5.69 Å². The Morgan fingerprint density at radius 2 is 1.56 bits per heavy atom. The number of amides is 3. The Labute approximate surface area is 186 Å². The van der Waals surface area contributed by atoms with Crippen molar-refractivity contribution in [2.75, 3.05) is 5.32 Å². The van der Waals surface area contributed by atoms with Crippen LogP contribution in [0.2, 0.25) is 0 Å². The number of aliphatic carboxylic acids is 1. The molecule has 9 nitrogen and oxygen atoms in total. The quantitative estimate of drug-likeness (QED) is 0.330. The summed E-state index contributed by atoms with van der Waals surface area (Å²) in [7, 11) is 1.17. The van der Waals surface area contributed by atoms with Crippen molar-refractivity contribution in [2.24, 2.45) is 5.92 Å². The van der Waals surface area contributed by atoms with Gasteiger partial charge in [0.2, 0.25) is 5.91 Å². The van der Waals surface area contributed by atoms with E-state index in [2.05, 4.69) is 16.0 Å². The van der Waals surface area contributed by atoms with Gasteiger partial charge in [-0.3, -0.25) is 19.2 Å². The molecular weight excluding hydrogens is 413 g/mol. The average molecular weight is 439 g/mol. The first kappa shape index (κ1) is 24.6. The molecule has 2 aromatic rings. The molecule has 0 heterocycles. The molecule has 0 aromatic heterocycles. The van der Waals surface area contributed by atoms with Crippen LogP contribution in [0.15, 0.2) is 42.5 Å². The number of hydrogen-bond acceptors (Lipinski definition) is 5. The van der Waals surface area contributed by atoms with Crippen LogP contribution >= 0.6 is 0 Å². The van der Waals surface area contributed by atoms with Crippen molar-refractivity contribution in [3.05, 3.63) is 42.5 Å². The zero-order valence-corrected chi connectivity index (χ0v) is 18.2. The van der Waals surface area contributed by atoms with Crippen LogP contribution in [0.1, 0.15) is 26.7 Å². The maximum Gasteiger partial charge on any atom is 0.313 e. The van der Waals surface area contributed by atoms with Gasteiger partial charge in [0, 0.05) is 11.1 Å². The normalized spacial score (nSPS) is 12.6. The van der Waals surface area contributed by atoms with E-state index in [-0.39, 0.29) is 12.3 Å². The molecule has 168 valence electrons. The molecule has 0 aliphatic heterocycles. The Hall–Kier alpha value is -3.69. The fraction of sp³-hybridized carbons (Fsp3) is 0.318. The zero-order chi connectivity index (χ0) is 23.8. The summed E-state index contributed by atoms with van der Waals surface area (Å²) in [6, 6.07) is 10.3. The summed E-state index contributed by atoms with van der Waals surface area (Å²) in [4.78, 5) is 60.3. The fourth-order valence-electron chi connectivity index (χ4n) is 3.18. The number of anilines is 1. The number of benzene rings is 2. The first-order chi connectivity index (χ1) is 15.1. The third-order valence-corrected chi connectivity index (χ3v) is 4.76. The lowest BCUT2D eigenvalue weighted by atomic mass is 9.92. The highest BCUT2D eigenvalue weighted by Gasteiger charge is 2.28. The van der Waals surface area contributed by atoms with Crippen LogP contribution in [0.25, 0.3) is 10.8 Å². The van der Waals surface area contributed by atoms with E-state index in [4.69, 9.17) is 5.11 Å². The van der Waals surface area contributed by atoms with Gasteiger partial charge in [0.25, 0.3) is 0 Å². The Morgan fingerprint density at radius 3 is 2.19 bits per heavy atom. The van der Waals surface area contributed by atoms with E-state index in [9.17, 15) is 24.0 Å². The van der Waals surface area contributed by atoms with Crippen molar-refractivity contribution in [1.82, 2.24) is 10.6 Å². The van der Waals surface area contributed by atoms with E-state index < -0.39 is 47.9 Å². The monoisotopic (exact) mass is 439 g/mol. The van der Waals surface area contributed by atoms with Gasteiger partial charge in [0.1, 0.15) is 11.7 Å². The fourth-order valence-corrected chi connectivity index (χ4v) is 3.18. The van der Waals surface area contributed by atoms with Crippen molar-refractivity contribution in [2.45, 2.75) is 38.8 Å². The highest BCUT2D eigenvalue weighted by atomic mass is 16.4. The zero-order valence-electron chi connectivity index (χ0n) is 18.2. The molecule has 0 aliphatic rings. The Bertz CT molecular complexity index is 1030. The standard InChI is InChI=1S/C22H26BN3O6/c1-12(2)10-17(20(30)25-16(19(23)29)11-18(27)28)26-22(32)21(31)24-15-9-5-7-13-6-3-4-8-14(13)15/h3-9,12,16-17H,10-11,23H2,1-2H3,(H,24,31)(H,25,30)(H,26,32)(H,27,28)/t16-,17-/m0/s1. The molecule has 2 rings (SSSR count). The topological polar surface area (TPSA) is 142 Å². The molecule has 32 heavy (non-hydrogen) atoms. The van der Waals surface area contributed by atoms with Crippen LogP contribution < -0.4 is 16.0 Å². The number of carboxylic acid groups (broad SMARTS) is 1. The number of hydrogen-bond donors (Lipinski definition) is 4. The highest BCUT2D eigenvalue weighted by Crippen LogP contribution is 2.22. The minimum atomic E-state index is -1.25. The lowest BCUT2D eigenvalue weighted by Crippen LogP contribution is -2.54. The summed E-state index contributed by atoms with van der Waals surface area (Å²) < 4.78 is 0. The average Bonchev–Trinajstić information content (AvgIpc) is 2.72. The molecule has 4 N–H and O–H groups in total. The first-order valence-electron chi connectivity index (χ1n) is 10.2. The molecule has 0 fully saturated rings. The number of carbonyl (C=O) groups excluding carboxylic acids is 4. The van der Waals surface area contributed by atoms with Crippen LogP contribution in [0, 0.1) is 5.92 Å². The minimum Gasteiger partial charge on any atom is -0.481 e. The van der Waals surface area contributed by atoms with E-state index in [1.54, 1.807) is 12.1 Å². The Morgan fingerprint density at radius 1 is 0.906 bits per heavy atom. The lowest BCUT2D eigenvalue weighted by molar-refractivity contribution is -0.140. The lowest BCUT2D eigenvalue weighted by Gasteiger charge is -2.22. The maximum atomic E-state index is 12.7. The number of carboxylic acids is 1. The molecule has 3 amide bonds. The van der Waals surface area contributed by atoms with Gasteiger partial charge in [-0.1, -0.05) is 50.2 Å². The molecule has 2 atom stereocenters. The second-order valence-electron chi connectivity index (χ2n) is 7.91. The summed E-state index contributed by atoms with van der Waals surface area (Å²) in [5.74, 6) is -3.97. The second-order valence-corrected chi connectivity index (χ2v) is 7.91. The van der Waals surface area contributed by atoms with Gasteiger partial charge >= 0.3 is 17.8 Å². The predicted octanol–water partition coefficient (Wildman–Crippen LogP) is 0.428. The van der Waals surface area contributed by atoms with Crippen molar-refractivity contribution in [1.29, 1.82) is 0 Å². The maximum absolute atomic E-state index is 12.7. The molecular formula is C22H26BN3O6. The van der Waals surface area contributed by atoms with Gasteiger partial charge in [0.15, 0.2) is 7.85 Å². The minimum absolute atomic E-state index is 0.0255. The van der Waals surface area contributed by atoms with E-state index in [1.807, 2.05) is 44.2 Å². The third kappa shape index (κ3) is 6.93. The Balaban J connectivity index is 2.12. The molecule has 0 saturated carbocycles. The summed E-state index contributed by atoms with van der Waals surface area (Å²) in [5, 5.41) is 17.9. The van der Waals surface area contributed by atoms with E-state index in [0.717, 1.165) is 10.8 Å². The molecule has 0 spiro atoms. The predicted molar refractivity (Wildman–Crippen MR) is 122 cm³/mol. The second kappa shape index (κ2) is 11.1. The molecule has 0 bridgehead atoms. The van der Waals surface area contributed by atoms with Gasteiger partial charge < -0.3 is 25.9 Å². The highest BCUT2D eigenvalue weighted by molar-refractivity contribution is 6.59. The molecule has 0 aliphatic carbocycles. The smallest absolute Gasteiger partial charge is 0.313 e. The first-order valence-corrected chi connectivity index (χ1v) is 10.2. The van der Waals surface area contributed by atoms with Gasteiger partial charge in [-0.05, 0) is 23.8 Å². The van der Waals surface area contributed by atoms with Crippen molar-refractivity contribution >= 4 is 53.7 Å². The van der Waals surface area contributed by atoms with Crippen molar-refractivity contribution in [3.8, 4) is 0 Å². The third-order valence-electron chi connectivity index (χ3n) is 4.76. The Kier molecular flexibility index (Phi) is 8.51. The number of carbonyl (C=O) groups is 5. The van der Waals surface area contributed by atoms with E-state index in [0.29, 0.717) is 5.69 Å². The van der Waals surface area contributed by atoms with E-state index >= 15 is 0 Å². The van der Waals surface area contributed by atoms with Gasteiger partial charge in [-0.15, -0.1) is 0 Å². The molecule has 0 unspecified atom stereocenters. The summed E-state index contributed by atoms with van der Waals surface area (Å²) in [6.45, 7) is 3.64. The van der Waals surface area contributed by atoms with Gasteiger partial charge in [-0.2, -0.15) is 0 Å². The van der Waals surface area contributed by atoms with Crippen molar-refractivity contribution < 1.29 is 29.1 Å². The van der Waals surface area contributed by atoms with Crippen LogP contribution in [0.5, 0.6) is 0 Å². The molecule has 10 heteroatoms. The largest absolute Gasteiger partial charge is 0.481 e. The molecule has 0 radical (unpaired) electrons. The number of rotatable bonds is 9. The number of fused-ring (bicyclic) bond motifs is 1. The van der Waals surface area contributed by atoms with Crippen molar-refractivity contribution in [3.63, 3.8) is 0 Å². The summed E-state index contributed by atoms with van der Waals surface area (Å²) in [6.07, 6.45) is -0.387. The summed E-state index contributed by atoms with van der Waals surface area (Å²) in [5.41, 5.74) is -0.0738. The van der Waals surface area contributed by atoms with E-state index in [1.165, 1.54) is 7.85 Å². The molecule has 0 saturated heterocycles. The van der Waals surface area contributed by atoms with Crippen LogP contribution in [0.3, 0.4) is 0 Å². The molecule has 2 aromatic carbocycles. The van der Waals surface area contributed by atoms with Gasteiger partial charge in [0.05, 0.1) is 12.5 Å². The number of nitrogens with one attached hydrogen (secondary N) is 3. The van der Waals surface area contributed by atoms with Gasteiger partial charge in [-0.25, -0.2) is 0 Å².